The van der Waals surface area contributed by atoms with Gasteiger partial charge in [0.05, 0.1) is 22.6 Å². The zero-order valence-electron chi connectivity index (χ0n) is 13.4. The van der Waals surface area contributed by atoms with E-state index in [9.17, 15) is 19.7 Å². The lowest BCUT2D eigenvalue weighted by atomic mass is 10.2. The van der Waals surface area contributed by atoms with Crippen molar-refractivity contribution >= 4 is 34.9 Å². The number of nitrogens with zero attached hydrogens (tertiary/aromatic N) is 1. The van der Waals surface area contributed by atoms with Crippen molar-refractivity contribution in [3.05, 3.63) is 57.1 Å². The van der Waals surface area contributed by atoms with E-state index in [4.69, 9.17) is 26.2 Å². The van der Waals surface area contributed by atoms with Crippen molar-refractivity contribution in [3.8, 4) is 11.5 Å². The van der Waals surface area contributed by atoms with Crippen LogP contribution in [0.4, 0.5) is 11.4 Å². The molecule has 10 heteroatoms. The van der Waals surface area contributed by atoms with Crippen LogP contribution in [0.2, 0.25) is 5.02 Å². The Labute approximate surface area is 152 Å². The van der Waals surface area contributed by atoms with E-state index < -0.39 is 29.1 Å². The highest BCUT2D eigenvalue weighted by atomic mass is 35.5. The monoisotopic (exact) mass is 380 g/mol. The average Bonchev–Trinajstić information content (AvgIpc) is 2.59. The number of nitro benzene ring substituents is 1. The second-order valence-electron chi connectivity index (χ2n) is 4.93. The second-order valence-corrected chi connectivity index (χ2v) is 5.34. The van der Waals surface area contributed by atoms with Crippen LogP contribution in [0.25, 0.3) is 0 Å². The highest BCUT2D eigenvalue weighted by Gasteiger charge is 2.19. The van der Waals surface area contributed by atoms with Crippen LogP contribution in [0, 0.1) is 10.1 Å². The van der Waals surface area contributed by atoms with E-state index in [0.717, 1.165) is 18.2 Å². The summed E-state index contributed by atoms with van der Waals surface area (Å²) in [6.07, 6.45) is 0. The van der Waals surface area contributed by atoms with E-state index in [2.05, 4.69) is 5.32 Å². The maximum atomic E-state index is 11.9. The van der Waals surface area contributed by atoms with Gasteiger partial charge in [0.2, 0.25) is 0 Å². The first-order valence-corrected chi connectivity index (χ1v) is 7.47. The Balaban J connectivity index is 2.06. The number of methoxy groups -OCH3 is 1. The molecule has 0 saturated carbocycles. The Morgan fingerprint density at radius 1 is 1.23 bits per heavy atom. The SMILES string of the molecule is COc1ccc(NC(=O)COc2ccc(C(=O)O)cc2[N+](=O)[O-])cc1Cl. The van der Waals surface area contributed by atoms with Gasteiger partial charge in [-0.1, -0.05) is 11.6 Å². The summed E-state index contributed by atoms with van der Waals surface area (Å²) in [5.74, 6) is -1.67. The first-order chi connectivity index (χ1) is 12.3. The minimum absolute atomic E-state index is 0.220. The number of hydrogen-bond donors (Lipinski definition) is 2. The van der Waals surface area contributed by atoms with Gasteiger partial charge in [0.1, 0.15) is 5.75 Å². The lowest BCUT2D eigenvalue weighted by Crippen LogP contribution is -2.20. The Morgan fingerprint density at radius 2 is 1.92 bits per heavy atom. The molecule has 0 heterocycles. The Kier molecular flexibility index (Phi) is 5.97. The number of anilines is 1. The topological polar surface area (TPSA) is 128 Å². The molecule has 0 radical (unpaired) electrons. The van der Waals surface area contributed by atoms with Crippen LogP contribution in [0.15, 0.2) is 36.4 Å². The van der Waals surface area contributed by atoms with Crippen LogP contribution < -0.4 is 14.8 Å². The van der Waals surface area contributed by atoms with Crippen molar-refractivity contribution in [2.45, 2.75) is 0 Å². The standard InChI is InChI=1S/C16H13ClN2O7/c1-25-13-5-3-10(7-11(13)17)18-15(20)8-26-14-4-2-9(16(21)22)6-12(14)19(23)24/h2-7H,8H2,1H3,(H,18,20)(H,21,22). The summed E-state index contributed by atoms with van der Waals surface area (Å²) >= 11 is 5.95. The van der Waals surface area contributed by atoms with E-state index in [1.165, 1.54) is 13.2 Å². The first kappa shape index (κ1) is 19.0. The van der Waals surface area contributed by atoms with Crippen molar-refractivity contribution in [1.29, 1.82) is 0 Å². The molecular formula is C16H13ClN2O7. The lowest BCUT2D eigenvalue weighted by Gasteiger charge is -2.09. The third-order valence-electron chi connectivity index (χ3n) is 3.20. The molecule has 0 saturated heterocycles. The molecule has 2 aromatic rings. The van der Waals surface area contributed by atoms with Gasteiger partial charge in [-0.15, -0.1) is 0 Å². The van der Waals surface area contributed by atoms with Crippen molar-refractivity contribution in [2.75, 3.05) is 19.0 Å². The number of aromatic carboxylic acids is 1. The highest BCUT2D eigenvalue weighted by molar-refractivity contribution is 6.32. The summed E-state index contributed by atoms with van der Waals surface area (Å²) in [7, 11) is 1.45. The molecule has 136 valence electrons. The molecule has 0 unspecified atom stereocenters. The van der Waals surface area contributed by atoms with Gasteiger partial charge >= 0.3 is 11.7 Å². The summed E-state index contributed by atoms with van der Waals surface area (Å²) in [6, 6.07) is 7.73. The zero-order chi connectivity index (χ0) is 19.3. The third-order valence-corrected chi connectivity index (χ3v) is 3.49. The first-order valence-electron chi connectivity index (χ1n) is 7.09. The number of rotatable bonds is 7. The predicted molar refractivity (Wildman–Crippen MR) is 92.2 cm³/mol. The predicted octanol–water partition coefficient (Wildman–Crippen LogP) is 2.97. The van der Waals surface area contributed by atoms with Gasteiger partial charge in [0.15, 0.2) is 12.4 Å². The molecular weight excluding hydrogens is 368 g/mol. The van der Waals surface area contributed by atoms with Gasteiger partial charge in [-0.2, -0.15) is 0 Å². The minimum atomic E-state index is -1.31. The van der Waals surface area contributed by atoms with Crippen molar-refractivity contribution in [3.63, 3.8) is 0 Å². The van der Waals surface area contributed by atoms with Crippen LogP contribution >= 0.6 is 11.6 Å². The molecule has 0 aromatic heterocycles. The number of carbonyl (C=O) groups excluding carboxylic acids is 1. The molecule has 26 heavy (non-hydrogen) atoms. The molecule has 2 rings (SSSR count). The minimum Gasteiger partial charge on any atom is -0.495 e. The van der Waals surface area contributed by atoms with Crippen LogP contribution in [-0.4, -0.2) is 35.6 Å². The lowest BCUT2D eigenvalue weighted by molar-refractivity contribution is -0.385. The summed E-state index contributed by atoms with van der Waals surface area (Å²) in [5, 5.41) is 22.7. The second kappa shape index (κ2) is 8.17. The smallest absolute Gasteiger partial charge is 0.335 e. The van der Waals surface area contributed by atoms with E-state index in [1.54, 1.807) is 12.1 Å². The number of nitrogens with one attached hydrogen (secondary N) is 1. The van der Waals surface area contributed by atoms with Crippen LogP contribution in [-0.2, 0) is 4.79 Å². The Bertz CT molecular complexity index is 870. The fourth-order valence-corrected chi connectivity index (χ4v) is 2.26. The molecule has 1 amide bonds. The van der Waals surface area contributed by atoms with E-state index in [-0.39, 0.29) is 11.3 Å². The van der Waals surface area contributed by atoms with Gasteiger partial charge in [-0.25, -0.2) is 4.79 Å². The molecule has 0 aliphatic heterocycles. The summed E-state index contributed by atoms with van der Waals surface area (Å²) in [6.45, 7) is -0.517. The molecule has 9 nitrogen and oxygen atoms in total. The van der Waals surface area contributed by atoms with Gasteiger partial charge in [-0.3, -0.25) is 14.9 Å². The maximum absolute atomic E-state index is 11.9. The number of nitro groups is 1. The molecule has 0 atom stereocenters. The van der Waals surface area contributed by atoms with E-state index in [1.807, 2.05) is 0 Å². The zero-order valence-corrected chi connectivity index (χ0v) is 14.1. The highest BCUT2D eigenvalue weighted by Crippen LogP contribution is 2.29. The summed E-state index contributed by atoms with van der Waals surface area (Å²) in [4.78, 5) is 33.1. The van der Waals surface area contributed by atoms with Gasteiger partial charge < -0.3 is 19.9 Å². The van der Waals surface area contributed by atoms with Crippen LogP contribution in [0.5, 0.6) is 11.5 Å². The number of carbonyl (C=O) groups is 2. The van der Waals surface area contributed by atoms with Crippen molar-refractivity contribution < 1.29 is 29.1 Å². The van der Waals surface area contributed by atoms with E-state index >= 15 is 0 Å². The van der Waals surface area contributed by atoms with Gasteiger partial charge in [0.25, 0.3) is 5.91 Å². The third kappa shape index (κ3) is 4.61. The summed E-state index contributed by atoms with van der Waals surface area (Å²) in [5.41, 5.74) is -0.424. The van der Waals surface area contributed by atoms with Crippen LogP contribution in [0.1, 0.15) is 10.4 Å². The molecule has 0 aliphatic rings. The van der Waals surface area contributed by atoms with Crippen molar-refractivity contribution in [2.24, 2.45) is 0 Å². The fourth-order valence-electron chi connectivity index (χ4n) is 2.00. The largest absolute Gasteiger partial charge is 0.495 e. The normalized spacial score (nSPS) is 10.1. The number of amides is 1. The molecule has 0 fully saturated rings. The molecule has 2 N–H and O–H groups in total. The molecule has 0 spiro atoms. The molecule has 2 aromatic carbocycles. The van der Waals surface area contributed by atoms with Crippen LogP contribution in [0.3, 0.4) is 0 Å². The fraction of sp³-hybridized carbons (Fsp3) is 0.125. The molecule has 0 bridgehead atoms. The Hall–Kier alpha value is -3.33. The van der Waals surface area contributed by atoms with Gasteiger partial charge in [0, 0.05) is 11.8 Å². The number of ether oxygens (including phenoxy) is 2. The average molecular weight is 381 g/mol. The number of hydrogen-bond acceptors (Lipinski definition) is 6. The quantitative estimate of drug-likeness (QED) is 0.558. The van der Waals surface area contributed by atoms with Gasteiger partial charge in [-0.05, 0) is 30.3 Å². The number of carboxylic acid groups (broad SMARTS) is 1. The number of benzene rings is 2. The number of halogens is 1. The number of carboxylic acids is 1. The van der Waals surface area contributed by atoms with E-state index in [0.29, 0.717) is 16.5 Å². The maximum Gasteiger partial charge on any atom is 0.335 e. The summed E-state index contributed by atoms with van der Waals surface area (Å²) < 4.78 is 10.1. The van der Waals surface area contributed by atoms with Crippen molar-refractivity contribution in [1.82, 2.24) is 0 Å². The Morgan fingerprint density at radius 3 is 2.50 bits per heavy atom. The molecule has 0 aliphatic carbocycles.